The molecule has 0 aliphatic rings. The van der Waals surface area contributed by atoms with Gasteiger partial charge in [0.05, 0.1) is 18.8 Å². The number of carbonyl (C=O) groups is 3. The molecule has 0 spiro atoms. The van der Waals surface area contributed by atoms with Gasteiger partial charge in [-0.1, -0.05) is 12.1 Å². The zero-order valence-electron chi connectivity index (χ0n) is 14.2. The van der Waals surface area contributed by atoms with Gasteiger partial charge >= 0.3 is 0 Å². The molecule has 0 bridgehead atoms. The number of hydrogen-bond acceptors (Lipinski definition) is 4. The number of nitrogens with one attached hydrogen (secondary N) is 3. The van der Waals surface area contributed by atoms with Gasteiger partial charge in [0.2, 0.25) is 11.8 Å². The quantitative estimate of drug-likeness (QED) is 0.510. The number of benzene rings is 2. The lowest BCUT2D eigenvalue weighted by atomic mass is 10.1. The first-order valence-corrected chi connectivity index (χ1v) is 7.83. The lowest BCUT2D eigenvalue weighted by Crippen LogP contribution is -2.36. The second-order valence-electron chi connectivity index (χ2n) is 5.54. The summed E-state index contributed by atoms with van der Waals surface area (Å²) in [5, 5.41) is 7.11. The lowest BCUT2D eigenvalue weighted by molar-refractivity contribution is -0.122. The van der Waals surface area contributed by atoms with E-state index in [0.29, 0.717) is 17.3 Å². The van der Waals surface area contributed by atoms with Crippen LogP contribution in [0.1, 0.15) is 17.3 Å². The molecule has 0 aliphatic heterocycles. The summed E-state index contributed by atoms with van der Waals surface area (Å²) in [6, 6.07) is 8.07. The Morgan fingerprint density at radius 2 is 1.67 bits per heavy atom. The van der Waals surface area contributed by atoms with Crippen molar-refractivity contribution in [3.8, 4) is 0 Å². The Bertz CT molecular complexity index is 887. The summed E-state index contributed by atoms with van der Waals surface area (Å²) in [4.78, 5) is 34.8. The van der Waals surface area contributed by atoms with E-state index in [9.17, 15) is 27.6 Å². The molecular weight excluding hydrogens is 363 g/mol. The molecule has 0 unspecified atom stereocenters. The van der Waals surface area contributed by atoms with Gasteiger partial charge in [-0.3, -0.25) is 14.4 Å². The molecule has 6 nitrogen and oxygen atoms in total. The highest BCUT2D eigenvalue weighted by Gasteiger charge is 2.15. The first-order valence-electron chi connectivity index (χ1n) is 7.83. The van der Waals surface area contributed by atoms with Crippen molar-refractivity contribution in [2.45, 2.75) is 6.92 Å². The Morgan fingerprint density at radius 3 is 2.37 bits per heavy atom. The molecule has 2 aromatic rings. The standard InChI is InChI=1S/C18H16F3N3O3/c1-10(25)11-3-2-4-12(7-11)22-8-15(26)23-9-16(27)24-14-6-5-13(19)17(20)18(14)21/h2-7,22H,8-9H2,1H3,(H,23,26)(H,24,27). The van der Waals surface area contributed by atoms with Crippen LogP contribution in [-0.4, -0.2) is 30.7 Å². The van der Waals surface area contributed by atoms with Gasteiger partial charge in [-0.2, -0.15) is 0 Å². The molecule has 27 heavy (non-hydrogen) atoms. The third-order valence-electron chi connectivity index (χ3n) is 3.48. The number of Topliss-reactive ketones (excluding diaryl/α,β-unsaturated/α-hetero) is 1. The average Bonchev–Trinajstić information content (AvgIpc) is 2.65. The van der Waals surface area contributed by atoms with Crippen LogP contribution in [0.25, 0.3) is 0 Å². The monoisotopic (exact) mass is 379 g/mol. The molecule has 0 atom stereocenters. The third-order valence-corrected chi connectivity index (χ3v) is 3.48. The van der Waals surface area contributed by atoms with Crippen molar-refractivity contribution < 1.29 is 27.6 Å². The van der Waals surface area contributed by atoms with E-state index in [1.807, 2.05) is 5.32 Å². The first kappa shape index (κ1) is 20.0. The van der Waals surface area contributed by atoms with Gasteiger partial charge in [0.1, 0.15) is 0 Å². The van der Waals surface area contributed by atoms with Crippen LogP contribution >= 0.6 is 0 Å². The largest absolute Gasteiger partial charge is 0.376 e. The number of amides is 2. The molecule has 9 heteroatoms. The van der Waals surface area contributed by atoms with Gasteiger partial charge in [-0.05, 0) is 31.2 Å². The zero-order valence-corrected chi connectivity index (χ0v) is 14.2. The number of carbonyl (C=O) groups excluding carboxylic acids is 3. The van der Waals surface area contributed by atoms with Gasteiger partial charge in [0, 0.05) is 11.3 Å². The molecule has 0 saturated heterocycles. The van der Waals surface area contributed by atoms with E-state index in [-0.39, 0.29) is 12.3 Å². The highest BCUT2D eigenvalue weighted by molar-refractivity contribution is 5.96. The summed E-state index contributed by atoms with van der Waals surface area (Å²) in [7, 11) is 0. The van der Waals surface area contributed by atoms with Crippen molar-refractivity contribution in [3.05, 3.63) is 59.4 Å². The first-order chi connectivity index (χ1) is 12.8. The SMILES string of the molecule is CC(=O)c1cccc(NCC(=O)NCC(=O)Nc2ccc(F)c(F)c2F)c1. The van der Waals surface area contributed by atoms with Crippen LogP contribution in [0.2, 0.25) is 0 Å². The van der Waals surface area contributed by atoms with E-state index in [1.54, 1.807) is 24.3 Å². The van der Waals surface area contributed by atoms with Crippen molar-refractivity contribution >= 4 is 29.0 Å². The number of anilines is 2. The van der Waals surface area contributed by atoms with Crippen molar-refractivity contribution in [3.63, 3.8) is 0 Å². The van der Waals surface area contributed by atoms with Crippen LogP contribution in [0.4, 0.5) is 24.5 Å². The van der Waals surface area contributed by atoms with Crippen molar-refractivity contribution in [2.75, 3.05) is 23.7 Å². The molecule has 2 amide bonds. The van der Waals surface area contributed by atoms with Gasteiger partial charge in [-0.15, -0.1) is 0 Å². The third kappa shape index (κ3) is 5.56. The van der Waals surface area contributed by atoms with Gasteiger partial charge in [0.25, 0.3) is 0 Å². The molecule has 2 aromatic carbocycles. The number of hydrogen-bond donors (Lipinski definition) is 3. The number of ketones is 1. The maximum Gasteiger partial charge on any atom is 0.243 e. The molecule has 3 N–H and O–H groups in total. The Balaban J connectivity index is 1.81. The second kappa shape index (κ2) is 8.84. The Morgan fingerprint density at radius 1 is 0.926 bits per heavy atom. The Hall–Kier alpha value is -3.36. The van der Waals surface area contributed by atoms with Crippen LogP contribution in [0, 0.1) is 17.5 Å². The Labute approximate surface area is 152 Å². The molecule has 2 rings (SSSR count). The van der Waals surface area contributed by atoms with Crippen LogP contribution in [0.15, 0.2) is 36.4 Å². The summed E-state index contributed by atoms with van der Waals surface area (Å²) in [6.07, 6.45) is 0. The summed E-state index contributed by atoms with van der Waals surface area (Å²) < 4.78 is 39.4. The second-order valence-corrected chi connectivity index (χ2v) is 5.54. The van der Waals surface area contributed by atoms with Crippen molar-refractivity contribution in [1.82, 2.24) is 5.32 Å². The summed E-state index contributed by atoms with van der Waals surface area (Å²) >= 11 is 0. The fraction of sp³-hybridized carbons (Fsp3) is 0.167. The Kier molecular flexibility index (Phi) is 6.53. The maximum absolute atomic E-state index is 13.5. The fourth-order valence-corrected chi connectivity index (χ4v) is 2.09. The topological polar surface area (TPSA) is 87.3 Å². The number of halogens is 3. The minimum atomic E-state index is -1.70. The van der Waals surface area contributed by atoms with E-state index in [0.717, 1.165) is 6.07 Å². The molecule has 0 saturated carbocycles. The fourth-order valence-electron chi connectivity index (χ4n) is 2.09. The summed E-state index contributed by atoms with van der Waals surface area (Å²) in [5.41, 5.74) is 0.492. The van der Waals surface area contributed by atoms with E-state index < -0.39 is 41.5 Å². The van der Waals surface area contributed by atoms with Crippen LogP contribution in [0.3, 0.4) is 0 Å². The minimum Gasteiger partial charge on any atom is -0.376 e. The molecule has 0 aromatic heterocycles. The van der Waals surface area contributed by atoms with Gasteiger partial charge in [0.15, 0.2) is 23.2 Å². The van der Waals surface area contributed by atoms with E-state index in [2.05, 4.69) is 10.6 Å². The maximum atomic E-state index is 13.5. The van der Waals surface area contributed by atoms with Crippen molar-refractivity contribution in [1.29, 1.82) is 0 Å². The van der Waals surface area contributed by atoms with E-state index >= 15 is 0 Å². The van der Waals surface area contributed by atoms with Crippen LogP contribution in [0.5, 0.6) is 0 Å². The summed E-state index contributed by atoms with van der Waals surface area (Å²) in [5.74, 6) is -6.07. The minimum absolute atomic E-state index is 0.121. The van der Waals surface area contributed by atoms with Gasteiger partial charge in [-0.25, -0.2) is 13.2 Å². The van der Waals surface area contributed by atoms with Gasteiger partial charge < -0.3 is 16.0 Å². The average molecular weight is 379 g/mol. The predicted molar refractivity (Wildman–Crippen MR) is 92.9 cm³/mol. The highest BCUT2D eigenvalue weighted by atomic mass is 19.2. The van der Waals surface area contributed by atoms with E-state index in [4.69, 9.17) is 0 Å². The van der Waals surface area contributed by atoms with E-state index in [1.165, 1.54) is 6.92 Å². The molecule has 0 fully saturated rings. The smallest absolute Gasteiger partial charge is 0.243 e. The van der Waals surface area contributed by atoms with Crippen LogP contribution in [-0.2, 0) is 9.59 Å². The molecule has 142 valence electrons. The summed E-state index contributed by atoms with van der Waals surface area (Å²) in [6.45, 7) is 0.751. The molecule has 0 radical (unpaired) electrons. The normalized spacial score (nSPS) is 10.2. The van der Waals surface area contributed by atoms with Crippen LogP contribution < -0.4 is 16.0 Å². The molecular formula is C18H16F3N3O3. The number of rotatable bonds is 7. The lowest BCUT2D eigenvalue weighted by Gasteiger charge is -2.10. The predicted octanol–water partition coefficient (Wildman–Crippen LogP) is 2.47. The molecule has 0 heterocycles. The molecule has 0 aliphatic carbocycles. The zero-order chi connectivity index (χ0) is 20.0. The van der Waals surface area contributed by atoms with Crippen molar-refractivity contribution in [2.24, 2.45) is 0 Å². The highest BCUT2D eigenvalue weighted by Crippen LogP contribution is 2.19.